The van der Waals surface area contributed by atoms with E-state index in [1.807, 2.05) is 12.1 Å². The summed E-state index contributed by atoms with van der Waals surface area (Å²) in [7, 11) is 6.47. The zero-order valence-electron chi connectivity index (χ0n) is 16.4. The molecule has 2 aromatic carbocycles. The SMILES string of the molecule is CN=C(NCc1ccc(F)c(C)c1)NCc1cc(OC)c(OC)cc1OC. The van der Waals surface area contributed by atoms with Crippen molar-refractivity contribution in [3.8, 4) is 17.2 Å². The van der Waals surface area contributed by atoms with Gasteiger partial charge < -0.3 is 24.8 Å². The van der Waals surface area contributed by atoms with E-state index in [4.69, 9.17) is 14.2 Å². The molecule has 0 spiro atoms. The highest BCUT2D eigenvalue weighted by atomic mass is 19.1. The largest absolute Gasteiger partial charge is 0.496 e. The van der Waals surface area contributed by atoms with Gasteiger partial charge >= 0.3 is 0 Å². The first-order valence-corrected chi connectivity index (χ1v) is 8.50. The van der Waals surface area contributed by atoms with Crippen molar-refractivity contribution in [3.63, 3.8) is 0 Å². The van der Waals surface area contributed by atoms with Crippen LogP contribution in [-0.2, 0) is 13.1 Å². The smallest absolute Gasteiger partial charge is 0.191 e. The van der Waals surface area contributed by atoms with E-state index in [1.54, 1.807) is 47.4 Å². The number of hydrogen-bond acceptors (Lipinski definition) is 4. The Hall–Kier alpha value is -2.96. The molecule has 0 aliphatic rings. The van der Waals surface area contributed by atoms with Gasteiger partial charge in [0.15, 0.2) is 17.5 Å². The third-order valence-corrected chi connectivity index (χ3v) is 4.14. The molecule has 7 heteroatoms. The van der Waals surface area contributed by atoms with Crippen molar-refractivity contribution in [2.45, 2.75) is 20.0 Å². The summed E-state index contributed by atoms with van der Waals surface area (Å²) in [4.78, 5) is 4.21. The minimum Gasteiger partial charge on any atom is -0.496 e. The Morgan fingerprint density at radius 2 is 1.56 bits per heavy atom. The van der Waals surface area contributed by atoms with E-state index in [0.717, 1.165) is 11.1 Å². The fourth-order valence-corrected chi connectivity index (χ4v) is 2.63. The summed E-state index contributed by atoms with van der Waals surface area (Å²) in [5, 5.41) is 6.44. The fourth-order valence-electron chi connectivity index (χ4n) is 2.63. The molecule has 0 atom stereocenters. The lowest BCUT2D eigenvalue weighted by molar-refractivity contribution is 0.347. The van der Waals surface area contributed by atoms with Gasteiger partial charge in [-0.15, -0.1) is 0 Å². The summed E-state index contributed by atoms with van der Waals surface area (Å²) in [5.74, 6) is 2.33. The maximum atomic E-state index is 13.4. The first-order valence-electron chi connectivity index (χ1n) is 8.50. The molecular weight excluding hydrogens is 349 g/mol. The zero-order valence-corrected chi connectivity index (χ0v) is 16.4. The Morgan fingerprint density at radius 1 is 0.926 bits per heavy atom. The average molecular weight is 375 g/mol. The molecule has 0 radical (unpaired) electrons. The number of methoxy groups -OCH3 is 3. The number of benzene rings is 2. The summed E-state index contributed by atoms with van der Waals surface area (Å²) in [6.45, 7) is 2.75. The van der Waals surface area contributed by atoms with Gasteiger partial charge in [0, 0.05) is 31.8 Å². The summed E-state index contributed by atoms with van der Waals surface area (Å²) >= 11 is 0. The number of guanidine groups is 1. The number of aliphatic imine (C=N–C) groups is 1. The maximum absolute atomic E-state index is 13.4. The number of rotatable bonds is 7. The second kappa shape index (κ2) is 9.66. The third kappa shape index (κ3) is 5.26. The van der Waals surface area contributed by atoms with Gasteiger partial charge in [-0.3, -0.25) is 4.99 Å². The quantitative estimate of drug-likeness (QED) is 0.575. The van der Waals surface area contributed by atoms with Gasteiger partial charge in [0.2, 0.25) is 0 Å². The van der Waals surface area contributed by atoms with E-state index in [9.17, 15) is 4.39 Å². The number of aryl methyl sites for hydroxylation is 1. The molecule has 0 fully saturated rings. The first-order chi connectivity index (χ1) is 13.0. The molecular formula is C20H26FN3O3. The molecule has 0 bridgehead atoms. The molecule has 0 aliphatic heterocycles. The lowest BCUT2D eigenvalue weighted by Gasteiger charge is -2.16. The third-order valence-electron chi connectivity index (χ3n) is 4.14. The van der Waals surface area contributed by atoms with Crippen molar-refractivity contribution in [2.75, 3.05) is 28.4 Å². The number of nitrogens with zero attached hydrogens (tertiary/aromatic N) is 1. The van der Waals surface area contributed by atoms with Crippen molar-refractivity contribution in [3.05, 3.63) is 52.8 Å². The Kier molecular flexibility index (Phi) is 7.28. The molecule has 0 saturated heterocycles. The number of nitrogens with one attached hydrogen (secondary N) is 2. The Balaban J connectivity index is 2.04. The molecule has 0 heterocycles. The highest BCUT2D eigenvalue weighted by molar-refractivity contribution is 5.79. The van der Waals surface area contributed by atoms with Crippen molar-refractivity contribution >= 4 is 5.96 Å². The summed E-state index contributed by atoms with van der Waals surface area (Å²) in [5.41, 5.74) is 2.49. The van der Waals surface area contributed by atoms with Crippen LogP contribution in [0.15, 0.2) is 35.3 Å². The number of hydrogen-bond donors (Lipinski definition) is 2. The van der Waals surface area contributed by atoms with Crippen molar-refractivity contribution in [2.24, 2.45) is 4.99 Å². The van der Waals surface area contributed by atoms with E-state index >= 15 is 0 Å². The van der Waals surface area contributed by atoms with Crippen LogP contribution >= 0.6 is 0 Å². The van der Waals surface area contributed by atoms with Gasteiger partial charge in [-0.1, -0.05) is 12.1 Å². The predicted octanol–water partition coefficient (Wildman–Crippen LogP) is 3.03. The van der Waals surface area contributed by atoms with Gasteiger partial charge in [-0.2, -0.15) is 0 Å². The molecule has 0 amide bonds. The predicted molar refractivity (Wildman–Crippen MR) is 104 cm³/mol. The maximum Gasteiger partial charge on any atom is 0.191 e. The molecule has 0 unspecified atom stereocenters. The van der Waals surface area contributed by atoms with E-state index in [-0.39, 0.29) is 5.82 Å². The van der Waals surface area contributed by atoms with Crippen LogP contribution in [0.4, 0.5) is 4.39 Å². The van der Waals surface area contributed by atoms with Crippen LogP contribution in [0.3, 0.4) is 0 Å². The molecule has 27 heavy (non-hydrogen) atoms. The van der Waals surface area contributed by atoms with E-state index < -0.39 is 0 Å². The monoisotopic (exact) mass is 375 g/mol. The minimum absolute atomic E-state index is 0.207. The zero-order chi connectivity index (χ0) is 19.8. The molecule has 0 aliphatic carbocycles. The molecule has 6 nitrogen and oxygen atoms in total. The fraction of sp³-hybridized carbons (Fsp3) is 0.350. The van der Waals surface area contributed by atoms with Crippen molar-refractivity contribution < 1.29 is 18.6 Å². The highest BCUT2D eigenvalue weighted by Crippen LogP contribution is 2.34. The molecule has 2 aromatic rings. The topological polar surface area (TPSA) is 64.1 Å². The normalized spacial score (nSPS) is 11.1. The molecule has 146 valence electrons. The van der Waals surface area contributed by atoms with Crippen LogP contribution in [0, 0.1) is 12.7 Å². The van der Waals surface area contributed by atoms with Crippen LogP contribution in [0.2, 0.25) is 0 Å². The van der Waals surface area contributed by atoms with Crippen LogP contribution in [-0.4, -0.2) is 34.3 Å². The van der Waals surface area contributed by atoms with Crippen molar-refractivity contribution in [1.29, 1.82) is 0 Å². The number of ether oxygens (including phenoxy) is 3. The van der Waals surface area contributed by atoms with E-state index in [0.29, 0.717) is 41.9 Å². The second-order valence-electron chi connectivity index (χ2n) is 5.88. The molecule has 0 saturated carbocycles. The number of halogens is 1. The van der Waals surface area contributed by atoms with Gasteiger partial charge in [-0.25, -0.2) is 4.39 Å². The minimum atomic E-state index is -0.207. The Bertz CT molecular complexity index is 809. The summed E-state index contributed by atoms with van der Waals surface area (Å²) in [6.07, 6.45) is 0. The van der Waals surface area contributed by atoms with Crippen LogP contribution in [0.5, 0.6) is 17.2 Å². The average Bonchev–Trinajstić information content (AvgIpc) is 2.69. The Morgan fingerprint density at radius 3 is 2.15 bits per heavy atom. The van der Waals surface area contributed by atoms with Gasteiger partial charge in [0.25, 0.3) is 0 Å². The van der Waals surface area contributed by atoms with Crippen molar-refractivity contribution in [1.82, 2.24) is 10.6 Å². The summed E-state index contributed by atoms with van der Waals surface area (Å²) < 4.78 is 29.5. The summed E-state index contributed by atoms with van der Waals surface area (Å²) in [6, 6.07) is 8.68. The standard InChI is InChI=1S/C20H26FN3O3/c1-13-8-14(6-7-16(13)21)11-23-20(22-2)24-12-15-9-18(26-4)19(27-5)10-17(15)25-3/h6-10H,11-12H2,1-5H3,(H2,22,23,24). The molecule has 2 rings (SSSR count). The second-order valence-corrected chi connectivity index (χ2v) is 5.88. The van der Waals surface area contributed by atoms with Gasteiger partial charge in [0.1, 0.15) is 11.6 Å². The van der Waals surface area contributed by atoms with Gasteiger partial charge in [0.05, 0.1) is 21.3 Å². The van der Waals surface area contributed by atoms with Crippen LogP contribution in [0.25, 0.3) is 0 Å². The van der Waals surface area contributed by atoms with E-state index in [1.165, 1.54) is 6.07 Å². The molecule has 2 N–H and O–H groups in total. The van der Waals surface area contributed by atoms with Crippen LogP contribution in [0.1, 0.15) is 16.7 Å². The highest BCUT2D eigenvalue weighted by Gasteiger charge is 2.12. The lowest BCUT2D eigenvalue weighted by Crippen LogP contribution is -2.36. The molecule has 0 aromatic heterocycles. The van der Waals surface area contributed by atoms with Crippen LogP contribution < -0.4 is 24.8 Å². The van der Waals surface area contributed by atoms with E-state index in [2.05, 4.69) is 15.6 Å². The first kappa shape index (κ1) is 20.4. The lowest BCUT2D eigenvalue weighted by atomic mass is 10.1. The Labute approximate surface area is 159 Å². The van der Waals surface area contributed by atoms with Gasteiger partial charge in [-0.05, 0) is 30.2 Å².